The van der Waals surface area contributed by atoms with Crippen molar-refractivity contribution >= 4 is 50.6 Å². The lowest BCUT2D eigenvalue weighted by Gasteiger charge is -2.02. The summed E-state index contributed by atoms with van der Waals surface area (Å²) in [5.41, 5.74) is 5.17. The Hall–Kier alpha value is -2.64. The summed E-state index contributed by atoms with van der Waals surface area (Å²) in [5, 5.41) is 13.3. The highest BCUT2D eigenvalue weighted by Crippen LogP contribution is 2.29. The number of nitrogens with one attached hydrogen (secondary N) is 2. The molecular formula is C21H20N4OS2. The highest BCUT2D eigenvalue weighted by atomic mass is 32.2. The molecule has 0 unspecified atom stereocenters. The largest absolute Gasteiger partial charge is 0.360 e. The van der Waals surface area contributed by atoms with Crippen molar-refractivity contribution in [2.45, 2.75) is 24.6 Å². The monoisotopic (exact) mass is 408 g/mol. The molecule has 4 aromatic rings. The van der Waals surface area contributed by atoms with Crippen molar-refractivity contribution in [3.8, 4) is 0 Å². The molecule has 142 valence electrons. The van der Waals surface area contributed by atoms with E-state index in [-0.39, 0.29) is 5.78 Å². The molecule has 0 aliphatic heterocycles. The minimum atomic E-state index is 0.0906. The van der Waals surface area contributed by atoms with Crippen LogP contribution in [0.25, 0.3) is 10.9 Å². The number of ketones is 1. The average Bonchev–Trinajstić information content (AvgIpc) is 3.33. The molecule has 0 aliphatic carbocycles. The number of anilines is 2. The van der Waals surface area contributed by atoms with Crippen LogP contribution >= 0.6 is 23.1 Å². The van der Waals surface area contributed by atoms with Crippen LogP contribution in [-0.4, -0.2) is 26.7 Å². The molecule has 2 N–H and O–H groups in total. The maximum Gasteiger partial charge on any atom is 0.210 e. The first-order valence-corrected chi connectivity index (χ1v) is 10.9. The molecule has 2 aromatic carbocycles. The first-order chi connectivity index (χ1) is 13.6. The number of hydrogen-bond acceptors (Lipinski definition) is 6. The summed E-state index contributed by atoms with van der Waals surface area (Å²) < 4.78 is 0.776. The van der Waals surface area contributed by atoms with Gasteiger partial charge in [0.25, 0.3) is 0 Å². The van der Waals surface area contributed by atoms with Crippen LogP contribution < -0.4 is 5.32 Å². The molecule has 0 radical (unpaired) electrons. The lowest BCUT2D eigenvalue weighted by Crippen LogP contribution is -2.01. The Labute approximate surface area is 171 Å². The minimum Gasteiger partial charge on any atom is -0.360 e. The van der Waals surface area contributed by atoms with Gasteiger partial charge in [0, 0.05) is 28.4 Å². The fraction of sp³-hybridized carbons (Fsp3) is 0.190. The van der Waals surface area contributed by atoms with Gasteiger partial charge >= 0.3 is 0 Å². The molecule has 0 aliphatic rings. The molecule has 2 heterocycles. The van der Waals surface area contributed by atoms with Gasteiger partial charge in [-0.15, -0.1) is 10.2 Å². The molecule has 5 nitrogen and oxygen atoms in total. The van der Waals surface area contributed by atoms with Gasteiger partial charge in [-0.25, -0.2) is 0 Å². The molecule has 0 atom stereocenters. The smallest absolute Gasteiger partial charge is 0.210 e. The number of aromatic nitrogens is 3. The van der Waals surface area contributed by atoms with Crippen molar-refractivity contribution in [3.63, 3.8) is 0 Å². The fourth-order valence-electron chi connectivity index (χ4n) is 3.11. The van der Waals surface area contributed by atoms with Gasteiger partial charge in [-0.1, -0.05) is 60.4 Å². The first kappa shape index (κ1) is 18.7. The third-order valence-corrected chi connectivity index (χ3v) is 6.46. The van der Waals surface area contributed by atoms with E-state index in [1.165, 1.54) is 34.2 Å². The standard InChI is InChI=1S/C21H20N4OS2/c1-3-14-7-5-9-16-17(11-22-19(14)16)18(26)12-27-21-25-24-20(28-21)23-15-8-4-6-13(2)10-15/h4-11,22H,3,12H2,1-2H3,(H,23,24). The predicted octanol–water partition coefficient (Wildman–Crippen LogP) is 5.61. The van der Waals surface area contributed by atoms with E-state index >= 15 is 0 Å². The van der Waals surface area contributed by atoms with Crippen molar-refractivity contribution in [2.24, 2.45) is 0 Å². The highest BCUT2D eigenvalue weighted by molar-refractivity contribution is 8.01. The molecule has 7 heteroatoms. The van der Waals surface area contributed by atoms with E-state index in [0.29, 0.717) is 5.75 Å². The Morgan fingerprint density at radius 2 is 2.07 bits per heavy atom. The Balaban J connectivity index is 1.42. The number of para-hydroxylation sites is 1. The van der Waals surface area contributed by atoms with Gasteiger partial charge < -0.3 is 10.3 Å². The quantitative estimate of drug-likeness (QED) is 0.307. The summed E-state index contributed by atoms with van der Waals surface area (Å²) >= 11 is 2.87. The van der Waals surface area contributed by atoms with Gasteiger partial charge in [0.15, 0.2) is 10.1 Å². The molecule has 2 aromatic heterocycles. The first-order valence-electron chi connectivity index (χ1n) is 9.06. The third-order valence-electron chi connectivity index (χ3n) is 4.49. The van der Waals surface area contributed by atoms with Crippen molar-refractivity contribution in [3.05, 3.63) is 65.4 Å². The molecule has 0 amide bonds. The van der Waals surface area contributed by atoms with Gasteiger partial charge in [-0.05, 0) is 36.6 Å². The molecule has 28 heavy (non-hydrogen) atoms. The molecule has 0 bridgehead atoms. The zero-order valence-electron chi connectivity index (χ0n) is 15.7. The number of nitrogens with zero attached hydrogens (tertiary/aromatic N) is 2. The van der Waals surface area contributed by atoms with Gasteiger partial charge in [-0.3, -0.25) is 4.79 Å². The van der Waals surface area contributed by atoms with E-state index in [4.69, 9.17) is 0 Å². The number of hydrogen-bond donors (Lipinski definition) is 2. The summed E-state index contributed by atoms with van der Waals surface area (Å²) in [4.78, 5) is 16.0. The van der Waals surface area contributed by atoms with Crippen LogP contribution in [0.2, 0.25) is 0 Å². The van der Waals surface area contributed by atoms with E-state index in [1.807, 2.05) is 43.5 Å². The minimum absolute atomic E-state index is 0.0906. The van der Waals surface area contributed by atoms with E-state index in [0.717, 1.165) is 38.0 Å². The zero-order valence-corrected chi connectivity index (χ0v) is 17.3. The summed E-state index contributed by atoms with van der Waals surface area (Å²) in [5.74, 6) is 0.426. The normalized spacial score (nSPS) is 11.1. The lowest BCUT2D eigenvalue weighted by molar-refractivity contribution is 0.102. The van der Waals surface area contributed by atoms with Gasteiger partial charge in [-0.2, -0.15) is 0 Å². The van der Waals surface area contributed by atoms with E-state index in [2.05, 4.69) is 39.6 Å². The molecule has 0 spiro atoms. The second-order valence-electron chi connectivity index (χ2n) is 6.48. The lowest BCUT2D eigenvalue weighted by atomic mass is 10.1. The average molecular weight is 409 g/mol. The number of benzene rings is 2. The number of H-pyrrole nitrogens is 1. The van der Waals surface area contributed by atoms with E-state index in [9.17, 15) is 4.79 Å². The summed E-state index contributed by atoms with van der Waals surface area (Å²) in [6, 6.07) is 14.2. The Bertz CT molecular complexity index is 1130. The second-order valence-corrected chi connectivity index (χ2v) is 8.68. The summed E-state index contributed by atoms with van der Waals surface area (Å²) in [6.07, 6.45) is 2.75. The number of carbonyl (C=O) groups is 1. The number of aryl methyl sites for hydroxylation is 2. The molecule has 0 saturated heterocycles. The van der Waals surface area contributed by atoms with Crippen molar-refractivity contribution in [1.82, 2.24) is 15.2 Å². The van der Waals surface area contributed by atoms with E-state index < -0.39 is 0 Å². The Kier molecular flexibility index (Phi) is 5.45. The number of Topliss-reactive ketones (excluding diaryl/α,β-unsaturated/α-hetero) is 1. The van der Waals surface area contributed by atoms with Crippen LogP contribution in [0.15, 0.2) is 53.0 Å². The van der Waals surface area contributed by atoms with Gasteiger partial charge in [0.05, 0.1) is 5.75 Å². The number of carbonyl (C=O) groups excluding carboxylic acids is 1. The van der Waals surface area contributed by atoms with Crippen molar-refractivity contribution in [1.29, 1.82) is 0 Å². The van der Waals surface area contributed by atoms with Gasteiger partial charge in [0.2, 0.25) is 5.13 Å². The highest BCUT2D eigenvalue weighted by Gasteiger charge is 2.15. The Morgan fingerprint density at radius 3 is 2.89 bits per heavy atom. The number of fused-ring (bicyclic) bond motifs is 1. The van der Waals surface area contributed by atoms with Crippen molar-refractivity contribution < 1.29 is 4.79 Å². The number of rotatable bonds is 7. The molecule has 0 saturated carbocycles. The number of thioether (sulfide) groups is 1. The van der Waals surface area contributed by atoms with Crippen LogP contribution in [0.1, 0.15) is 28.4 Å². The van der Waals surface area contributed by atoms with Gasteiger partial charge in [0.1, 0.15) is 0 Å². The maximum absolute atomic E-state index is 12.7. The van der Waals surface area contributed by atoms with Crippen molar-refractivity contribution in [2.75, 3.05) is 11.1 Å². The Morgan fingerprint density at radius 1 is 1.21 bits per heavy atom. The fourth-order valence-corrected chi connectivity index (χ4v) is 4.77. The van der Waals surface area contributed by atoms with Crippen LogP contribution in [-0.2, 0) is 6.42 Å². The summed E-state index contributed by atoms with van der Waals surface area (Å²) in [6.45, 7) is 4.16. The SMILES string of the molecule is CCc1cccc2c(C(=O)CSc3nnc(Nc4cccc(C)c4)s3)c[nH]c12. The molecule has 0 fully saturated rings. The topological polar surface area (TPSA) is 70.7 Å². The van der Waals surface area contributed by atoms with Crippen LogP contribution in [0, 0.1) is 6.92 Å². The predicted molar refractivity (Wildman–Crippen MR) is 117 cm³/mol. The number of aromatic amines is 1. The molecular weight excluding hydrogens is 388 g/mol. The second kappa shape index (κ2) is 8.16. The van der Waals surface area contributed by atoms with Crippen LogP contribution in [0.4, 0.5) is 10.8 Å². The third kappa shape index (κ3) is 3.95. The molecule has 4 rings (SSSR count). The van der Waals surface area contributed by atoms with Crippen LogP contribution in [0.3, 0.4) is 0 Å². The summed E-state index contributed by atoms with van der Waals surface area (Å²) in [7, 11) is 0. The zero-order chi connectivity index (χ0) is 19.5. The maximum atomic E-state index is 12.7. The van der Waals surface area contributed by atoms with Crippen LogP contribution in [0.5, 0.6) is 0 Å². The van der Waals surface area contributed by atoms with E-state index in [1.54, 1.807) is 0 Å².